The van der Waals surface area contributed by atoms with Crippen LogP contribution < -0.4 is 5.32 Å². The van der Waals surface area contributed by atoms with Crippen molar-refractivity contribution in [1.29, 1.82) is 0 Å². The Labute approximate surface area is 371 Å². The highest BCUT2D eigenvalue weighted by molar-refractivity contribution is 5.76. The molecule has 0 saturated carbocycles. The van der Waals surface area contributed by atoms with Gasteiger partial charge in [0.2, 0.25) is 5.91 Å². The lowest BCUT2D eigenvalue weighted by Gasteiger charge is -2.19. The number of hydrogen-bond donors (Lipinski definition) is 3. The molecule has 0 spiro atoms. The first-order chi connectivity index (χ1) is 29.7. The predicted molar refractivity (Wildman–Crippen MR) is 266 cm³/mol. The number of unbranched alkanes of at least 4 members (excludes halogenated alkanes) is 18. The van der Waals surface area contributed by atoms with Crippen LogP contribution in [0.3, 0.4) is 0 Å². The molecular weight excluding hydrogens is 735 g/mol. The molecule has 0 aromatic carbocycles. The molecule has 4 heteroatoms. The normalized spacial score (nSPS) is 14.0. The van der Waals surface area contributed by atoms with Crippen molar-refractivity contribution >= 4 is 5.91 Å². The fourth-order valence-corrected chi connectivity index (χ4v) is 6.68. The zero-order chi connectivity index (χ0) is 43.5. The third-order valence-electron chi connectivity index (χ3n) is 10.4. The Morgan fingerprint density at radius 2 is 0.750 bits per heavy atom. The van der Waals surface area contributed by atoms with Crippen LogP contribution in [0.2, 0.25) is 0 Å². The zero-order valence-corrected chi connectivity index (χ0v) is 38.9. The number of rotatable bonds is 43. The second kappa shape index (κ2) is 50.1. The molecule has 0 aliphatic heterocycles. The molecule has 0 aliphatic rings. The van der Waals surface area contributed by atoms with Gasteiger partial charge in [-0.05, 0) is 96.3 Å². The number of nitrogens with one attached hydrogen (secondary N) is 1. The molecule has 0 radical (unpaired) electrons. The van der Waals surface area contributed by atoms with Crippen molar-refractivity contribution in [2.45, 2.75) is 219 Å². The Balaban J connectivity index is 3.55. The topological polar surface area (TPSA) is 69.6 Å². The minimum Gasteiger partial charge on any atom is -0.394 e. The van der Waals surface area contributed by atoms with Crippen molar-refractivity contribution in [1.82, 2.24) is 5.32 Å². The van der Waals surface area contributed by atoms with Crippen molar-refractivity contribution < 1.29 is 15.0 Å². The standard InChI is InChI=1S/C56H93NO3/c1-3-5-7-9-11-13-14-15-16-17-18-19-20-21-22-23-24-25-26-27-28-29-30-31-32-33-34-35-36-37-38-39-40-41-42-44-46-48-50-52-56(60)57-54(53-58)55(59)51-49-47-45-43-12-10-8-6-4-2/h5,7,11-13,15-16,18-19,21-22,24-25,27-28,30-31,43,49,51,54-55,58-59H,3-4,6,8-10,14,17,20,23,26,29,32-42,44-48,50,52-53H2,1-2H3,(H,57,60)/b7-5-,13-11-,16-15-,19-18-,22-21-,25-24-,28-27-,31-30-,43-12+,51-49+. The average Bonchev–Trinajstić information content (AvgIpc) is 3.25. The lowest BCUT2D eigenvalue weighted by atomic mass is 10.0. The highest BCUT2D eigenvalue weighted by Gasteiger charge is 2.17. The third kappa shape index (κ3) is 45.9. The Hall–Kier alpha value is -3.21. The van der Waals surface area contributed by atoms with Gasteiger partial charge in [-0.15, -0.1) is 0 Å². The molecule has 340 valence electrons. The van der Waals surface area contributed by atoms with E-state index in [1.165, 1.54) is 103 Å². The van der Waals surface area contributed by atoms with E-state index in [9.17, 15) is 15.0 Å². The van der Waals surface area contributed by atoms with Crippen LogP contribution in [0.1, 0.15) is 206 Å². The smallest absolute Gasteiger partial charge is 0.220 e. The lowest BCUT2D eigenvalue weighted by Crippen LogP contribution is -2.45. The number of aliphatic hydroxyl groups excluding tert-OH is 2. The molecule has 60 heavy (non-hydrogen) atoms. The van der Waals surface area contributed by atoms with Crippen LogP contribution in [0.15, 0.2) is 122 Å². The van der Waals surface area contributed by atoms with Crippen molar-refractivity contribution in [3.05, 3.63) is 122 Å². The zero-order valence-electron chi connectivity index (χ0n) is 38.9. The second-order valence-corrected chi connectivity index (χ2v) is 16.1. The van der Waals surface area contributed by atoms with Gasteiger partial charge < -0.3 is 15.5 Å². The van der Waals surface area contributed by atoms with E-state index in [0.29, 0.717) is 6.42 Å². The van der Waals surface area contributed by atoms with Crippen molar-refractivity contribution in [2.75, 3.05) is 6.61 Å². The van der Waals surface area contributed by atoms with Crippen LogP contribution in [0.5, 0.6) is 0 Å². The van der Waals surface area contributed by atoms with Crippen LogP contribution in [0.4, 0.5) is 0 Å². The summed E-state index contributed by atoms with van der Waals surface area (Å²) in [6, 6.07) is -0.643. The number of carbonyl (C=O) groups is 1. The molecule has 0 saturated heterocycles. The molecule has 2 unspecified atom stereocenters. The molecule has 0 fully saturated rings. The van der Waals surface area contributed by atoms with Gasteiger partial charge in [-0.2, -0.15) is 0 Å². The van der Waals surface area contributed by atoms with E-state index < -0.39 is 12.1 Å². The summed E-state index contributed by atoms with van der Waals surface area (Å²) in [5.41, 5.74) is 0. The summed E-state index contributed by atoms with van der Waals surface area (Å²) in [6.07, 6.45) is 77.7. The molecule has 0 heterocycles. The fourth-order valence-electron chi connectivity index (χ4n) is 6.68. The first-order valence-electron chi connectivity index (χ1n) is 24.7. The summed E-state index contributed by atoms with van der Waals surface area (Å²) < 4.78 is 0. The first-order valence-corrected chi connectivity index (χ1v) is 24.7. The van der Waals surface area contributed by atoms with Gasteiger partial charge in [0.05, 0.1) is 18.8 Å². The van der Waals surface area contributed by atoms with E-state index >= 15 is 0 Å². The molecule has 0 aliphatic carbocycles. The predicted octanol–water partition coefficient (Wildman–Crippen LogP) is 16.1. The maximum absolute atomic E-state index is 12.4. The molecule has 0 aromatic rings. The average molecular weight is 828 g/mol. The van der Waals surface area contributed by atoms with Crippen molar-refractivity contribution in [3.8, 4) is 0 Å². The molecule has 1 amide bonds. The lowest BCUT2D eigenvalue weighted by molar-refractivity contribution is -0.123. The molecule has 2 atom stereocenters. The van der Waals surface area contributed by atoms with Crippen LogP contribution in [-0.4, -0.2) is 34.9 Å². The van der Waals surface area contributed by atoms with E-state index in [2.05, 4.69) is 129 Å². The largest absolute Gasteiger partial charge is 0.394 e. The number of hydrogen-bond acceptors (Lipinski definition) is 3. The quantitative estimate of drug-likeness (QED) is 0.0424. The monoisotopic (exact) mass is 828 g/mol. The van der Waals surface area contributed by atoms with Crippen molar-refractivity contribution in [3.63, 3.8) is 0 Å². The number of allylic oxidation sites excluding steroid dienone is 19. The number of carbonyl (C=O) groups excluding carboxylic acids is 1. The summed E-state index contributed by atoms with van der Waals surface area (Å²) in [7, 11) is 0. The van der Waals surface area contributed by atoms with Gasteiger partial charge in [0.1, 0.15) is 0 Å². The van der Waals surface area contributed by atoms with E-state index in [4.69, 9.17) is 0 Å². The summed E-state index contributed by atoms with van der Waals surface area (Å²) in [5.74, 6) is -0.0827. The van der Waals surface area contributed by atoms with Gasteiger partial charge >= 0.3 is 0 Å². The highest BCUT2D eigenvalue weighted by Crippen LogP contribution is 2.14. The van der Waals surface area contributed by atoms with E-state index in [1.54, 1.807) is 6.08 Å². The number of aliphatic hydroxyl groups is 2. The fraction of sp³-hybridized carbons (Fsp3) is 0.625. The van der Waals surface area contributed by atoms with Crippen LogP contribution in [0, 0.1) is 0 Å². The van der Waals surface area contributed by atoms with E-state index in [-0.39, 0.29) is 12.5 Å². The molecular formula is C56H93NO3. The molecule has 4 nitrogen and oxygen atoms in total. The molecule has 3 N–H and O–H groups in total. The Bertz CT molecular complexity index is 1210. The Kier molecular flexibility index (Phi) is 47.5. The summed E-state index contributed by atoms with van der Waals surface area (Å²) in [6.45, 7) is 4.12. The third-order valence-corrected chi connectivity index (χ3v) is 10.4. The van der Waals surface area contributed by atoms with Gasteiger partial charge in [-0.1, -0.05) is 225 Å². The van der Waals surface area contributed by atoms with Crippen molar-refractivity contribution in [2.24, 2.45) is 0 Å². The number of amides is 1. The minimum atomic E-state index is -0.865. The SMILES string of the molecule is CC/C=C\C/C=C\C/C=C\C/C=C\C/C=C\C/C=C\C/C=C\C/C=C\CCCCCCCCCCCCCCCCC(=O)NC(CO)C(O)/C=C/CC/C=C/CCCCC. The Morgan fingerprint density at radius 1 is 0.417 bits per heavy atom. The van der Waals surface area contributed by atoms with Crippen LogP contribution in [-0.2, 0) is 4.79 Å². The maximum atomic E-state index is 12.4. The summed E-state index contributed by atoms with van der Waals surface area (Å²) in [5, 5.41) is 22.9. The minimum absolute atomic E-state index is 0.0827. The van der Waals surface area contributed by atoms with Gasteiger partial charge in [0.15, 0.2) is 0 Å². The first kappa shape index (κ1) is 56.8. The van der Waals surface area contributed by atoms with Gasteiger partial charge in [0.25, 0.3) is 0 Å². The molecule has 0 rings (SSSR count). The second-order valence-electron chi connectivity index (χ2n) is 16.1. The van der Waals surface area contributed by atoms with Crippen LogP contribution >= 0.6 is 0 Å². The van der Waals surface area contributed by atoms with E-state index in [0.717, 1.165) is 83.5 Å². The Morgan fingerprint density at radius 3 is 1.17 bits per heavy atom. The summed E-state index contributed by atoms with van der Waals surface area (Å²) >= 11 is 0. The maximum Gasteiger partial charge on any atom is 0.220 e. The molecule has 0 bridgehead atoms. The van der Waals surface area contributed by atoms with E-state index in [1.807, 2.05) is 6.08 Å². The van der Waals surface area contributed by atoms with Gasteiger partial charge in [-0.3, -0.25) is 4.79 Å². The van der Waals surface area contributed by atoms with Crippen LogP contribution in [0.25, 0.3) is 0 Å². The highest BCUT2D eigenvalue weighted by atomic mass is 16.3. The summed E-state index contributed by atoms with van der Waals surface area (Å²) in [4.78, 5) is 12.4. The van der Waals surface area contributed by atoms with Gasteiger partial charge in [-0.25, -0.2) is 0 Å². The molecule has 0 aromatic heterocycles. The van der Waals surface area contributed by atoms with Gasteiger partial charge in [0, 0.05) is 6.42 Å².